The largest absolute Gasteiger partial charge is 0.466 e. The second-order valence-electron chi connectivity index (χ2n) is 5.51. The van der Waals surface area contributed by atoms with E-state index in [2.05, 4.69) is 0 Å². The summed E-state index contributed by atoms with van der Waals surface area (Å²) in [6.45, 7) is 3.72. The van der Waals surface area contributed by atoms with Crippen molar-refractivity contribution in [2.75, 3.05) is 13.2 Å². The molecule has 21 heavy (non-hydrogen) atoms. The zero-order valence-electron chi connectivity index (χ0n) is 12.6. The van der Waals surface area contributed by atoms with Crippen LogP contribution in [0.2, 0.25) is 0 Å². The minimum atomic E-state index is -1.19. The summed E-state index contributed by atoms with van der Waals surface area (Å²) < 4.78 is 15.5. The first-order valence-corrected chi connectivity index (χ1v) is 7.62. The molecule has 118 valence electrons. The van der Waals surface area contributed by atoms with Gasteiger partial charge in [0.15, 0.2) is 5.92 Å². The van der Waals surface area contributed by atoms with Crippen LogP contribution in [0.1, 0.15) is 46.0 Å². The first-order valence-electron chi connectivity index (χ1n) is 7.62. The van der Waals surface area contributed by atoms with Crippen LogP contribution in [-0.4, -0.2) is 36.7 Å². The van der Waals surface area contributed by atoms with Gasteiger partial charge in [-0.25, -0.2) is 0 Å². The Hall–Kier alpha value is -1.59. The van der Waals surface area contributed by atoms with Gasteiger partial charge in [0.05, 0.1) is 13.2 Å². The second kappa shape index (κ2) is 6.45. The first-order chi connectivity index (χ1) is 10.1. The van der Waals surface area contributed by atoms with Gasteiger partial charge >= 0.3 is 17.9 Å². The van der Waals surface area contributed by atoms with Gasteiger partial charge in [-0.15, -0.1) is 0 Å². The van der Waals surface area contributed by atoms with Crippen LogP contribution in [0.5, 0.6) is 0 Å². The highest BCUT2D eigenvalue weighted by Gasteiger charge is 2.62. The molecule has 1 aliphatic carbocycles. The van der Waals surface area contributed by atoms with E-state index in [0.29, 0.717) is 12.8 Å². The topological polar surface area (TPSA) is 78.9 Å². The van der Waals surface area contributed by atoms with Crippen LogP contribution < -0.4 is 0 Å². The van der Waals surface area contributed by atoms with Crippen molar-refractivity contribution in [1.82, 2.24) is 0 Å². The summed E-state index contributed by atoms with van der Waals surface area (Å²) in [6.07, 6.45) is 3.98. The maximum absolute atomic E-state index is 12.3. The summed E-state index contributed by atoms with van der Waals surface area (Å²) in [6, 6.07) is 0. The third kappa shape index (κ3) is 2.89. The third-order valence-corrected chi connectivity index (χ3v) is 4.24. The van der Waals surface area contributed by atoms with Crippen molar-refractivity contribution in [1.29, 1.82) is 0 Å². The highest BCUT2D eigenvalue weighted by molar-refractivity contribution is 6.02. The SMILES string of the molecule is CCOC(=O)[C@H]1C(=O)OC2(CCCCC2)[C@H]1C(=O)OCC. The van der Waals surface area contributed by atoms with Gasteiger partial charge in [0.25, 0.3) is 0 Å². The van der Waals surface area contributed by atoms with Gasteiger partial charge < -0.3 is 14.2 Å². The molecule has 2 atom stereocenters. The molecule has 2 fully saturated rings. The van der Waals surface area contributed by atoms with E-state index in [0.717, 1.165) is 19.3 Å². The molecule has 0 radical (unpaired) electrons. The molecule has 1 heterocycles. The molecule has 0 aromatic heterocycles. The van der Waals surface area contributed by atoms with Gasteiger partial charge in [-0.1, -0.05) is 6.42 Å². The van der Waals surface area contributed by atoms with Gasteiger partial charge in [-0.3, -0.25) is 14.4 Å². The summed E-state index contributed by atoms with van der Waals surface area (Å²) in [4.78, 5) is 36.5. The van der Waals surface area contributed by atoms with Gasteiger partial charge in [-0.2, -0.15) is 0 Å². The van der Waals surface area contributed by atoms with E-state index in [4.69, 9.17) is 14.2 Å². The fourth-order valence-electron chi connectivity index (χ4n) is 3.38. The van der Waals surface area contributed by atoms with Crippen LogP contribution in [0.3, 0.4) is 0 Å². The van der Waals surface area contributed by atoms with E-state index in [-0.39, 0.29) is 13.2 Å². The number of hydrogen-bond donors (Lipinski definition) is 0. The zero-order chi connectivity index (χ0) is 15.5. The number of ether oxygens (including phenoxy) is 3. The Kier molecular flexibility index (Phi) is 4.85. The average Bonchev–Trinajstić information content (AvgIpc) is 2.72. The number of rotatable bonds is 4. The minimum absolute atomic E-state index is 0.158. The fraction of sp³-hybridized carbons (Fsp3) is 0.800. The molecule has 6 nitrogen and oxygen atoms in total. The highest BCUT2D eigenvalue weighted by Crippen LogP contribution is 2.47. The molecular formula is C15H22O6. The number of esters is 3. The third-order valence-electron chi connectivity index (χ3n) is 4.24. The van der Waals surface area contributed by atoms with Crippen LogP contribution in [0, 0.1) is 11.8 Å². The lowest BCUT2D eigenvalue weighted by Crippen LogP contribution is -2.45. The van der Waals surface area contributed by atoms with Crippen LogP contribution in [0.4, 0.5) is 0 Å². The van der Waals surface area contributed by atoms with Crippen molar-refractivity contribution in [3.63, 3.8) is 0 Å². The molecule has 6 heteroatoms. The van der Waals surface area contributed by atoms with Crippen molar-refractivity contribution in [3.8, 4) is 0 Å². The molecule has 2 aliphatic rings. The number of hydrogen-bond acceptors (Lipinski definition) is 6. The monoisotopic (exact) mass is 298 g/mol. The van der Waals surface area contributed by atoms with Crippen molar-refractivity contribution in [2.45, 2.75) is 51.6 Å². The highest BCUT2D eigenvalue weighted by atomic mass is 16.6. The molecule has 1 saturated heterocycles. The second-order valence-corrected chi connectivity index (χ2v) is 5.51. The van der Waals surface area contributed by atoms with Gasteiger partial charge in [-0.05, 0) is 39.5 Å². The molecule has 0 amide bonds. The Morgan fingerprint density at radius 3 is 2.24 bits per heavy atom. The number of carbonyl (C=O) groups excluding carboxylic acids is 3. The Bertz CT molecular complexity index is 424. The summed E-state index contributed by atoms with van der Waals surface area (Å²) in [5, 5.41) is 0. The summed E-state index contributed by atoms with van der Waals surface area (Å²) in [5.41, 5.74) is -0.890. The normalized spacial score (nSPS) is 27.2. The van der Waals surface area contributed by atoms with Crippen LogP contribution >= 0.6 is 0 Å². The van der Waals surface area contributed by atoms with Gasteiger partial charge in [0.2, 0.25) is 0 Å². The lowest BCUT2D eigenvalue weighted by Gasteiger charge is -2.35. The lowest BCUT2D eigenvalue weighted by atomic mass is 9.72. The Morgan fingerprint density at radius 1 is 1.10 bits per heavy atom. The molecule has 0 bridgehead atoms. The standard InChI is InChI=1S/C15H22O6/c1-3-19-12(16)10-11(14(18)20-4-2)15(21-13(10)17)8-6-5-7-9-15/h10-11H,3-9H2,1-2H3/t10-,11+/m0/s1. The van der Waals surface area contributed by atoms with E-state index >= 15 is 0 Å². The Morgan fingerprint density at radius 2 is 1.67 bits per heavy atom. The van der Waals surface area contributed by atoms with E-state index in [1.54, 1.807) is 13.8 Å². The van der Waals surface area contributed by atoms with Crippen molar-refractivity contribution in [3.05, 3.63) is 0 Å². The fourth-order valence-corrected chi connectivity index (χ4v) is 3.38. The first kappa shape index (κ1) is 15.8. The van der Waals surface area contributed by atoms with E-state index in [1.807, 2.05) is 0 Å². The smallest absolute Gasteiger partial charge is 0.321 e. The van der Waals surface area contributed by atoms with Crippen LogP contribution in [0.15, 0.2) is 0 Å². The average molecular weight is 298 g/mol. The summed E-state index contributed by atoms with van der Waals surface area (Å²) >= 11 is 0. The molecule has 0 N–H and O–H groups in total. The summed E-state index contributed by atoms with van der Waals surface area (Å²) in [7, 11) is 0. The quantitative estimate of drug-likeness (QED) is 0.445. The minimum Gasteiger partial charge on any atom is -0.466 e. The van der Waals surface area contributed by atoms with E-state index in [9.17, 15) is 14.4 Å². The molecule has 0 unspecified atom stereocenters. The van der Waals surface area contributed by atoms with Crippen LogP contribution in [0.25, 0.3) is 0 Å². The van der Waals surface area contributed by atoms with Crippen molar-refractivity contribution < 1.29 is 28.6 Å². The molecule has 0 aromatic carbocycles. The maximum Gasteiger partial charge on any atom is 0.321 e. The Balaban J connectivity index is 2.32. The van der Waals surface area contributed by atoms with Crippen molar-refractivity contribution in [2.24, 2.45) is 11.8 Å². The van der Waals surface area contributed by atoms with Crippen LogP contribution in [-0.2, 0) is 28.6 Å². The molecule has 2 rings (SSSR count). The maximum atomic E-state index is 12.3. The number of carbonyl (C=O) groups is 3. The van der Waals surface area contributed by atoms with Gasteiger partial charge in [0.1, 0.15) is 11.5 Å². The molecule has 1 aliphatic heterocycles. The van der Waals surface area contributed by atoms with E-state index < -0.39 is 35.3 Å². The predicted molar refractivity (Wildman–Crippen MR) is 72.2 cm³/mol. The molecule has 1 saturated carbocycles. The van der Waals surface area contributed by atoms with E-state index in [1.165, 1.54) is 0 Å². The zero-order valence-corrected chi connectivity index (χ0v) is 12.6. The molecule has 0 aromatic rings. The molecular weight excluding hydrogens is 276 g/mol. The molecule has 1 spiro atoms. The predicted octanol–water partition coefficient (Wildman–Crippen LogP) is 1.60. The Labute approximate surface area is 124 Å². The van der Waals surface area contributed by atoms with Gasteiger partial charge in [0, 0.05) is 0 Å². The van der Waals surface area contributed by atoms with Crippen molar-refractivity contribution >= 4 is 17.9 Å². The lowest BCUT2D eigenvalue weighted by molar-refractivity contribution is -0.163. The summed E-state index contributed by atoms with van der Waals surface area (Å²) in [5.74, 6) is -3.97.